The van der Waals surface area contributed by atoms with Crippen molar-refractivity contribution < 1.29 is 13.6 Å². The van der Waals surface area contributed by atoms with Gasteiger partial charge in [-0.05, 0) is 50.2 Å². The number of hydrogen-bond acceptors (Lipinski definition) is 5. The van der Waals surface area contributed by atoms with E-state index in [0.29, 0.717) is 22.8 Å². The van der Waals surface area contributed by atoms with Crippen LogP contribution in [0.15, 0.2) is 52.5 Å². The average Bonchev–Trinajstić information content (AvgIpc) is 3.42. The number of carbonyl (C=O) groups excluding carboxylic acids is 1. The molecule has 2 aromatic heterocycles. The molecular weight excluding hydrogens is 377 g/mol. The van der Waals surface area contributed by atoms with Crippen LogP contribution in [0.25, 0.3) is 10.6 Å². The summed E-state index contributed by atoms with van der Waals surface area (Å²) >= 11 is 1.26. The average molecular weight is 399 g/mol. The lowest BCUT2D eigenvalue weighted by Crippen LogP contribution is -2.40. The van der Waals surface area contributed by atoms with Crippen molar-refractivity contribution in [3.63, 3.8) is 0 Å². The number of thiazole rings is 1. The number of nitrogens with one attached hydrogen (secondary N) is 1. The topological polar surface area (TPSA) is 58.4 Å². The second-order valence-electron chi connectivity index (χ2n) is 6.86. The van der Waals surface area contributed by atoms with Crippen molar-refractivity contribution in [3.8, 4) is 10.6 Å². The van der Waals surface area contributed by atoms with E-state index >= 15 is 0 Å². The molecule has 1 aliphatic heterocycles. The third-order valence-electron chi connectivity index (χ3n) is 5.00. The highest BCUT2D eigenvalue weighted by atomic mass is 32.1. The van der Waals surface area contributed by atoms with Crippen LogP contribution in [0, 0.1) is 5.82 Å². The lowest BCUT2D eigenvalue weighted by molar-refractivity contribution is 0.0910. The summed E-state index contributed by atoms with van der Waals surface area (Å²) in [7, 11) is 0. The van der Waals surface area contributed by atoms with Gasteiger partial charge < -0.3 is 9.73 Å². The van der Waals surface area contributed by atoms with Crippen LogP contribution in [0.5, 0.6) is 0 Å². The Morgan fingerprint density at radius 1 is 1.21 bits per heavy atom. The van der Waals surface area contributed by atoms with Crippen LogP contribution < -0.4 is 5.32 Å². The Hall–Kier alpha value is -2.51. The molecule has 1 atom stereocenters. The van der Waals surface area contributed by atoms with Gasteiger partial charge in [0, 0.05) is 17.5 Å². The number of carbonyl (C=O) groups is 1. The van der Waals surface area contributed by atoms with Crippen molar-refractivity contribution in [2.75, 3.05) is 19.6 Å². The number of likely N-dealkylation sites (tertiary alicyclic amines) is 1. The smallest absolute Gasteiger partial charge is 0.270 e. The van der Waals surface area contributed by atoms with E-state index in [1.165, 1.54) is 23.8 Å². The molecule has 0 spiro atoms. The Morgan fingerprint density at radius 2 is 2.04 bits per heavy atom. The van der Waals surface area contributed by atoms with E-state index in [1.807, 2.05) is 12.1 Å². The highest BCUT2D eigenvalue weighted by molar-refractivity contribution is 7.13. The highest BCUT2D eigenvalue weighted by Gasteiger charge is 2.25. The van der Waals surface area contributed by atoms with E-state index in [2.05, 4.69) is 15.2 Å². The zero-order chi connectivity index (χ0) is 19.3. The molecule has 1 fully saturated rings. The molecule has 0 saturated carbocycles. The van der Waals surface area contributed by atoms with E-state index in [-0.39, 0.29) is 17.8 Å². The first-order valence-electron chi connectivity index (χ1n) is 9.48. The molecule has 1 aromatic carbocycles. The summed E-state index contributed by atoms with van der Waals surface area (Å²) < 4.78 is 19.6. The molecule has 1 N–H and O–H groups in total. The van der Waals surface area contributed by atoms with Crippen LogP contribution in [0.1, 0.15) is 41.6 Å². The SMILES string of the molecule is O=C(NCC(c1ccco1)N1CCCCC1)c1csc(-c2ccccc2F)n1. The van der Waals surface area contributed by atoms with E-state index in [1.54, 1.807) is 29.8 Å². The summed E-state index contributed by atoms with van der Waals surface area (Å²) in [6.45, 7) is 2.43. The predicted molar refractivity (Wildman–Crippen MR) is 107 cm³/mol. The number of nitrogens with zero attached hydrogens (tertiary/aromatic N) is 2. The number of amides is 1. The van der Waals surface area contributed by atoms with Gasteiger partial charge in [0.2, 0.25) is 0 Å². The minimum Gasteiger partial charge on any atom is -0.468 e. The zero-order valence-electron chi connectivity index (χ0n) is 15.4. The molecule has 5 nitrogen and oxygen atoms in total. The number of hydrogen-bond donors (Lipinski definition) is 1. The van der Waals surface area contributed by atoms with Crippen molar-refractivity contribution >= 4 is 17.2 Å². The molecule has 1 saturated heterocycles. The van der Waals surface area contributed by atoms with Crippen molar-refractivity contribution in [2.24, 2.45) is 0 Å². The van der Waals surface area contributed by atoms with E-state index in [0.717, 1.165) is 31.7 Å². The molecule has 4 rings (SSSR count). The highest BCUT2D eigenvalue weighted by Crippen LogP contribution is 2.27. The standard InChI is InChI=1S/C21H22FN3O2S/c22-16-8-3-2-7-15(16)21-24-17(14-28-21)20(26)23-13-18(19-9-6-12-27-19)25-10-4-1-5-11-25/h2-3,6-9,12,14,18H,1,4-5,10-11,13H2,(H,23,26). The first-order chi connectivity index (χ1) is 13.7. The molecule has 28 heavy (non-hydrogen) atoms. The zero-order valence-corrected chi connectivity index (χ0v) is 16.3. The fourth-order valence-corrected chi connectivity index (χ4v) is 4.36. The van der Waals surface area contributed by atoms with E-state index in [4.69, 9.17) is 4.42 Å². The molecule has 146 valence electrons. The van der Waals surface area contributed by atoms with Gasteiger partial charge in [-0.25, -0.2) is 9.37 Å². The molecule has 0 bridgehead atoms. The maximum absolute atomic E-state index is 14.0. The van der Waals surface area contributed by atoms with Crippen LogP contribution in [0.3, 0.4) is 0 Å². The Morgan fingerprint density at radius 3 is 2.79 bits per heavy atom. The molecule has 1 unspecified atom stereocenters. The van der Waals surface area contributed by atoms with Gasteiger partial charge in [0.15, 0.2) is 0 Å². The minimum atomic E-state index is -0.341. The summed E-state index contributed by atoms with van der Waals surface area (Å²) in [6.07, 6.45) is 5.22. The van der Waals surface area contributed by atoms with Gasteiger partial charge >= 0.3 is 0 Å². The van der Waals surface area contributed by atoms with Crippen molar-refractivity contribution in [2.45, 2.75) is 25.3 Å². The Labute approximate surface area is 167 Å². The largest absolute Gasteiger partial charge is 0.468 e. The van der Waals surface area contributed by atoms with Gasteiger partial charge in [0.1, 0.15) is 22.3 Å². The van der Waals surface area contributed by atoms with Gasteiger partial charge in [-0.3, -0.25) is 9.69 Å². The normalized spacial score (nSPS) is 16.0. The van der Waals surface area contributed by atoms with Gasteiger partial charge in [-0.2, -0.15) is 0 Å². The van der Waals surface area contributed by atoms with Crippen LogP contribution >= 0.6 is 11.3 Å². The maximum atomic E-state index is 14.0. The number of benzene rings is 1. The molecular formula is C21H22FN3O2S. The summed E-state index contributed by atoms with van der Waals surface area (Å²) in [4.78, 5) is 19.3. The van der Waals surface area contributed by atoms with Crippen molar-refractivity contribution in [1.82, 2.24) is 15.2 Å². The Balaban J connectivity index is 1.45. The fraction of sp³-hybridized carbons (Fsp3) is 0.333. The minimum absolute atomic E-state index is 0.00363. The lowest BCUT2D eigenvalue weighted by atomic mass is 10.1. The molecule has 1 amide bonds. The molecule has 3 heterocycles. The van der Waals surface area contributed by atoms with Gasteiger partial charge in [0.05, 0.1) is 12.3 Å². The first-order valence-corrected chi connectivity index (χ1v) is 10.4. The number of halogens is 1. The van der Waals surface area contributed by atoms with Crippen LogP contribution in [0.4, 0.5) is 4.39 Å². The monoisotopic (exact) mass is 399 g/mol. The van der Waals surface area contributed by atoms with Gasteiger partial charge in [-0.15, -0.1) is 11.3 Å². The Bertz CT molecular complexity index is 919. The Kier molecular flexibility index (Phi) is 5.83. The van der Waals surface area contributed by atoms with Crippen LogP contribution in [0.2, 0.25) is 0 Å². The van der Waals surface area contributed by atoms with Gasteiger partial charge in [-0.1, -0.05) is 18.6 Å². The molecule has 7 heteroatoms. The second-order valence-corrected chi connectivity index (χ2v) is 7.71. The third kappa shape index (κ3) is 4.15. The number of aromatic nitrogens is 1. The summed E-state index contributed by atoms with van der Waals surface area (Å²) in [5.41, 5.74) is 0.716. The summed E-state index contributed by atoms with van der Waals surface area (Å²) in [6, 6.07) is 10.3. The molecule has 0 radical (unpaired) electrons. The van der Waals surface area contributed by atoms with Gasteiger partial charge in [0.25, 0.3) is 5.91 Å². The molecule has 0 aliphatic carbocycles. The maximum Gasteiger partial charge on any atom is 0.270 e. The van der Waals surface area contributed by atoms with Crippen molar-refractivity contribution in [1.29, 1.82) is 0 Å². The number of rotatable bonds is 6. The predicted octanol–water partition coefficient (Wildman–Crippen LogP) is 4.50. The van der Waals surface area contributed by atoms with E-state index in [9.17, 15) is 9.18 Å². The number of furan rings is 1. The molecule has 1 aliphatic rings. The molecule has 3 aromatic rings. The summed E-state index contributed by atoms with van der Waals surface area (Å²) in [5.74, 6) is 0.256. The first kappa shape index (κ1) is 18.8. The number of piperidine rings is 1. The lowest BCUT2D eigenvalue weighted by Gasteiger charge is -2.33. The second kappa shape index (κ2) is 8.67. The quantitative estimate of drug-likeness (QED) is 0.663. The van der Waals surface area contributed by atoms with Crippen molar-refractivity contribution in [3.05, 3.63) is 65.3 Å². The summed E-state index contributed by atoms with van der Waals surface area (Å²) in [5, 5.41) is 5.14. The fourth-order valence-electron chi connectivity index (χ4n) is 3.54. The van der Waals surface area contributed by atoms with E-state index < -0.39 is 0 Å². The van der Waals surface area contributed by atoms with Crippen LogP contribution in [-0.2, 0) is 0 Å². The third-order valence-corrected chi connectivity index (χ3v) is 5.88. The van der Waals surface area contributed by atoms with Crippen LogP contribution in [-0.4, -0.2) is 35.4 Å².